The van der Waals surface area contributed by atoms with Gasteiger partial charge in [0.05, 0.1) is 6.07 Å². The van der Waals surface area contributed by atoms with Crippen LogP contribution in [0.2, 0.25) is 0 Å². The predicted octanol–water partition coefficient (Wildman–Crippen LogP) is 1.80. The molecular weight excluding hydrogens is 200 g/mol. The number of fused-ring (bicyclic) bond motifs is 1. The van der Waals surface area contributed by atoms with Crippen LogP contribution in [0.15, 0.2) is 18.2 Å². The summed E-state index contributed by atoms with van der Waals surface area (Å²) in [6.45, 7) is 0.259. The van der Waals surface area contributed by atoms with E-state index in [0.29, 0.717) is 0 Å². The Morgan fingerprint density at radius 3 is 2.81 bits per heavy atom. The zero-order valence-electron chi connectivity index (χ0n) is 9.28. The van der Waals surface area contributed by atoms with Crippen LogP contribution >= 0.6 is 0 Å². The fourth-order valence-corrected chi connectivity index (χ4v) is 2.02. The standard InChI is InChI=1S/C13H16N2O/c14-8-12(15)9-16-13-6-5-10-3-1-2-4-11(10)7-13/h5-7,12H,1-4,9,15H2. The predicted molar refractivity (Wildman–Crippen MR) is 62.2 cm³/mol. The smallest absolute Gasteiger partial charge is 0.127 e. The molecule has 0 radical (unpaired) electrons. The molecule has 3 heteroatoms. The van der Waals surface area contributed by atoms with Crippen LogP contribution < -0.4 is 10.5 Å². The van der Waals surface area contributed by atoms with Crippen LogP contribution in [0.25, 0.3) is 0 Å². The van der Waals surface area contributed by atoms with E-state index in [1.807, 2.05) is 12.1 Å². The van der Waals surface area contributed by atoms with E-state index >= 15 is 0 Å². The summed E-state index contributed by atoms with van der Waals surface area (Å²) in [5, 5.41) is 8.55. The molecule has 0 aromatic heterocycles. The van der Waals surface area contributed by atoms with Crippen molar-refractivity contribution in [1.82, 2.24) is 0 Å². The normalized spacial score (nSPS) is 16.0. The van der Waals surface area contributed by atoms with Gasteiger partial charge < -0.3 is 10.5 Å². The molecule has 0 aliphatic heterocycles. The lowest BCUT2D eigenvalue weighted by molar-refractivity contribution is 0.308. The van der Waals surface area contributed by atoms with Gasteiger partial charge in [-0.25, -0.2) is 0 Å². The Hall–Kier alpha value is -1.53. The second-order valence-corrected chi connectivity index (χ2v) is 4.18. The molecule has 1 atom stereocenters. The molecule has 0 amide bonds. The summed E-state index contributed by atoms with van der Waals surface area (Å²) in [6.07, 6.45) is 4.85. The molecule has 1 aromatic rings. The van der Waals surface area contributed by atoms with Crippen LogP contribution in [0, 0.1) is 11.3 Å². The first-order valence-corrected chi connectivity index (χ1v) is 5.69. The Bertz CT molecular complexity index is 409. The minimum absolute atomic E-state index is 0.259. The highest BCUT2D eigenvalue weighted by molar-refractivity contribution is 5.37. The number of ether oxygens (including phenoxy) is 1. The van der Waals surface area contributed by atoms with Crippen LogP contribution in [-0.2, 0) is 12.8 Å². The van der Waals surface area contributed by atoms with Gasteiger partial charge in [0.25, 0.3) is 0 Å². The van der Waals surface area contributed by atoms with Crippen molar-refractivity contribution in [3.63, 3.8) is 0 Å². The maximum absolute atomic E-state index is 8.55. The maximum atomic E-state index is 8.55. The fourth-order valence-electron chi connectivity index (χ4n) is 2.02. The van der Waals surface area contributed by atoms with Crippen LogP contribution in [0.1, 0.15) is 24.0 Å². The summed E-state index contributed by atoms with van der Waals surface area (Å²) in [6, 6.07) is 7.58. The van der Waals surface area contributed by atoms with Gasteiger partial charge in [0.1, 0.15) is 18.4 Å². The molecule has 16 heavy (non-hydrogen) atoms. The lowest BCUT2D eigenvalue weighted by Gasteiger charge is -2.17. The average Bonchev–Trinajstić information content (AvgIpc) is 2.35. The fraction of sp³-hybridized carbons (Fsp3) is 0.462. The first kappa shape index (κ1) is 11.0. The van der Waals surface area contributed by atoms with Gasteiger partial charge in [-0.1, -0.05) is 6.07 Å². The zero-order chi connectivity index (χ0) is 11.4. The highest BCUT2D eigenvalue weighted by atomic mass is 16.5. The number of hydrogen-bond donors (Lipinski definition) is 1. The van der Waals surface area contributed by atoms with E-state index in [4.69, 9.17) is 15.7 Å². The third-order valence-corrected chi connectivity index (χ3v) is 2.92. The van der Waals surface area contributed by atoms with E-state index < -0.39 is 6.04 Å². The van der Waals surface area contributed by atoms with Gasteiger partial charge in [0.2, 0.25) is 0 Å². The Morgan fingerprint density at radius 1 is 1.31 bits per heavy atom. The molecule has 0 heterocycles. The molecule has 1 aliphatic carbocycles. The topological polar surface area (TPSA) is 59.0 Å². The SMILES string of the molecule is N#CC(N)COc1ccc2c(c1)CCCC2. The highest BCUT2D eigenvalue weighted by Gasteiger charge is 2.10. The second kappa shape index (κ2) is 5.00. The molecule has 0 fully saturated rings. The van der Waals surface area contributed by atoms with Crippen molar-refractivity contribution in [2.45, 2.75) is 31.7 Å². The molecule has 3 nitrogen and oxygen atoms in total. The van der Waals surface area contributed by atoms with Gasteiger partial charge in [-0.2, -0.15) is 5.26 Å². The van der Waals surface area contributed by atoms with E-state index in [0.717, 1.165) is 12.2 Å². The zero-order valence-corrected chi connectivity index (χ0v) is 9.28. The van der Waals surface area contributed by atoms with Crippen molar-refractivity contribution in [2.75, 3.05) is 6.61 Å². The van der Waals surface area contributed by atoms with Gasteiger partial charge in [-0.05, 0) is 48.9 Å². The van der Waals surface area contributed by atoms with E-state index in [9.17, 15) is 0 Å². The van der Waals surface area contributed by atoms with E-state index in [1.165, 1.54) is 30.4 Å². The van der Waals surface area contributed by atoms with Crippen molar-refractivity contribution >= 4 is 0 Å². The van der Waals surface area contributed by atoms with Crippen molar-refractivity contribution in [3.8, 4) is 11.8 Å². The number of nitrogens with zero attached hydrogens (tertiary/aromatic N) is 1. The van der Waals surface area contributed by atoms with Gasteiger partial charge in [-0.15, -0.1) is 0 Å². The molecule has 2 N–H and O–H groups in total. The summed E-state index contributed by atoms with van der Waals surface area (Å²) < 4.78 is 5.48. The molecule has 0 bridgehead atoms. The van der Waals surface area contributed by atoms with E-state index in [2.05, 4.69) is 12.1 Å². The molecule has 0 spiro atoms. The van der Waals surface area contributed by atoms with Gasteiger partial charge >= 0.3 is 0 Å². The summed E-state index contributed by atoms with van der Waals surface area (Å²) in [4.78, 5) is 0. The molecule has 84 valence electrons. The summed E-state index contributed by atoms with van der Waals surface area (Å²) in [5.74, 6) is 0.825. The number of hydrogen-bond acceptors (Lipinski definition) is 3. The molecule has 0 saturated heterocycles. The molecule has 1 unspecified atom stereocenters. The molecule has 1 aliphatic rings. The molecule has 2 rings (SSSR count). The third-order valence-electron chi connectivity index (χ3n) is 2.92. The number of aryl methyl sites for hydroxylation is 2. The largest absolute Gasteiger partial charge is 0.491 e. The van der Waals surface area contributed by atoms with Crippen molar-refractivity contribution in [1.29, 1.82) is 5.26 Å². The quantitative estimate of drug-likeness (QED) is 0.838. The van der Waals surface area contributed by atoms with E-state index in [1.54, 1.807) is 0 Å². The lowest BCUT2D eigenvalue weighted by Crippen LogP contribution is -2.25. The van der Waals surface area contributed by atoms with Crippen LogP contribution in [-0.4, -0.2) is 12.6 Å². The second-order valence-electron chi connectivity index (χ2n) is 4.18. The van der Waals surface area contributed by atoms with Crippen molar-refractivity contribution in [3.05, 3.63) is 29.3 Å². The molecule has 0 saturated carbocycles. The third kappa shape index (κ3) is 2.53. The highest BCUT2D eigenvalue weighted by Crippen LogP contribution is 2.25. The number of nitrogens with two attached hydrogens (primary N) is 1. The minimum Gasteiger partial charge on any atom is -0.491 e. The molecular formula is C13H16N2O. The number of nitriles is 1. The Labute approximate surface area is 95.8 Å². The van der Waals surface area contributed by atoms with Crippen LogP contribution in [0.4, 0.5) is 0 Å². The van der Waals surface area contributed by atoms with Gasteiger partial charge in [0, 0.05) is 0 Å². The Balaban J connectivity index is 2.03. The monoisotopic (exact) mass is 216 g/mol. The summed E-state index contributed by atoms with van der Waals surface area (Å²) >= 11 is 0. The lowest BCUT2D eigenvalue weighted by atomic mass is 9.92. The van der Waals surface area contributed by atoms with Crippen molar-refractivity contribution in [2.24, 2.45) is 5.73 Å². The Kier molecular flexibility index (Phi) is 3.43. The maximum Gasteiger partial charge on any atom is 0.127 e. The van der Waals surface area contributed by atoms with Gasteiger partial charge in [-0.3, -0.25) is 0 Å². The van der Waals surface area contributed by atoms with E-state index in [-0.39, 0.29) is 6.61 Å². The van der Waals surface area contributed by atoms with Crippen LogP contribution in [0.5, 0.6) is 5.75 Å². The summed E-state index contributed by atoms with van der Waals surface area (Å²) in [7, 11) is 0. The minimum atomic E-state index is -0.545. The number of rotatable bonds is 3. The van der Waals surface area contributed by atoms with Crippen molar-refractivity contribution < 1.29 is 4.74 Å². The summed E-state index contributed by atoms with van der Waals surface area (Å²) in [5.41, 5.74) is 8.29. The average molecular weight is 216 g/mol. The van der Waals surface area contributed by atoms with Crippen LogP contribution in [0.3, 0.4) is 0 Å². The first-order chi connectivity index (χ1) is 7.79. The molecule has 1 aromatic carbocycles. The number of benzene rings is 1. The Morgan fingerprint density at radius 2 is 2.06 bits per heavy atom. The first-order valence-electron chi connectivity index (χ1n) is 5.69. The van der Waals surface area contributed by atoms with Gasteiger partial charge in [0.15, 0.2) is 0 Å².